The predicted molar refractivity (Wildman–Crippen MR) is 62.0 cm³/mol. The highest BCUT2D eigenvalue weighted by atomic mass is 16.5. The number of nitrogens with two attached hydrogens (primary N) is 1. The minimum Gasteiger partial charge on any atom is -0.497 e. The van der Waals surface area contributed by atoms with Crippen molar-refractivity contribution in [1.29, 1.82) is 0 Å². The van der Waals surface area contributed by atoms with Crippen LogP contribution in [0.2, 0.25) is 0 Å². The first-order valence-corrected chi connectivity index (χ1v) is 5.68. The first-order valence-electron chi connectivity index (χ1n) is 5.68. The van der Waals surface area contributed by atoms with Crippen LogP contribution in [-0.2, 0) is 6.42 Å². The van der Waals surface area contributed by atoms with Crippen LogP contribution in [0.3, 0.4) is 0 Å². The summed E-state index contributed by atoms with van der Waals surface area (Å²) < 4.78 is 5.21. The Morgan fingerprint density at radius 3 is 2.93 bits per heavy atom. The molecular formula is C13H19NO. The molecule has 0 amide bonds. The topological polar surface area (TPSA) is 35.2 Å². The molecule has 2 rings (SSSR count). The maximum Gasteiger partial charge on any atom is 0.119 e. The van der Waals surface area contributed by atoms with Crippen molar-refractivity contribution in [3.05, 3.63) is 29.8 Å². The highest BCUT2D eigenvalue weighted by molar-refractivity contribution is 5.28. The molecule has 15 heavy (non-hydrogen) atoms. The predicted octanol–water partition coefficient (Wildman–Crippen LogP) is 2.37. The molecule has 1 aromatic carbocycles. The highest BCUT2D eigenvalue weighted by Gasteiger charge is 2.23. The molecule has 2 atom stereocenters. The van der Waals surface area contributed by atoms with E-state index >= 15 is 0 Å². The molecule has 0 heterocycles. The summed E-state index contributed by atoms with van der Waals surface area (Å²) in [5, 5.41) is 0. The van der Waals surface area contributed by atoms with Crippen LogP contribution in [0.25, 0.3) is 0 Å². The average Bonchev–Trinajstić information content (AvgIpc) is 2.65. The molecule has 0 saturated heterocycles. The van der Waals surface area contributed by atoms with Gasteiger partial charge in [-0.3, -0.25) is 0 Å². The minimum atomic E-state index is 0.399. The summed E-state index contributed by atoms with van der Waals surface area (Å²) in [6.45, 7) is 0. The summed E-state index contributed by atoms with van der Waals surface area (Å²) >= 11 is 0. The summed E-state index contributed by atoms with van der Waals surface area (Å²) in [5.74, 6) is 1.61. The summed E-state index contributed by atoms with van der Waals surface area (Å²) in [6, 6.07) is 8.71. The third-order valence-corrected chi connectivity index (χ3v) is 3.35. The summed E-state index contributed by atoms with van der Waals surface area (Å²) in [7, 11) is 1.71. The lowest BCUT2D eigenvalue weighted by Crippen LogP contribution is -2.25. The first-order chi connectivity index (χ1) is 7.29. The molecule has 0 spiro atoms. The van der Waals surface area contributed by atoms with Crippen molar-refractivity contribution < 1.29 is 4.74 Å². The Balaban J connectivity index is 2.03. The Hall–Kier alpha value is -1.02. The van der Waals surface area contributed by atoms with Gasteiger partial charge in [-0.05, 0) is 42.9 Å². The van der Waals surface area contributed by atoms with Gasteiger partial charge in [0, 0.05) is 6.04 Å². The van der Waals surface area contributed by atoms with Gasteiger partial charge in [-0.25, -0.2) is 0 Å². The first kappa shape index (κ1) is 10.5. The molecule has 0 unspecified atom stereocenters. The van der Waals surface area contributed by atoms with Gasteiger partial charge in [0.25, 0.3) is 0 Å². The van der Waals surface area contributed by atoms with Crippen LogP contribution in [0.15, 0.2) is 24.3 Å². The second kappa shape index (κ2) is 4.67. The van der Waals surface area contributed by atoms with Crippen LogP contribution < -0.4 is 10.5 Å². The summed E-state index contributed by atoms with van der Waals surface area (Å²) in [5.41, 5.74) is 7.41. The van der Waals surface area contributed by atoms with E-state index in [0.717, 1.165) is 12.2 Å². The lowest BCUT2D eigenvalue weighted by molar-refractivity contribution is 0.413. The van der Waals surface area contributed by atoms with Crippen LogP contribution in [0.1, 0.15) is 24.8 Å². The minimum absolute atomic E-state index is 0.399. The van der Waals surface area contributed by atoms with E-state index in [4.69, 9.17) is 10.5 Å². The lowest BCUT2D eigenvalue weighted by atomic mass is 9.95. The smallest absolute Gasteiger partial charge is 0.119 e. The number of ether oxygens (including phenoxy) is 1. The fraction of sp³-hybridized carbons (Fsp3) is 0.538. The number of methoxy groups -OCH3 is 1. The Labute approximate surface area is 91.4 Å². The summed E-state index contributed by atoms with van der Waals surface area (Å²) in [6.07, 6.45) is 4.85. The summed E-state index contributed by atoms with van der Waals surface area (Å²) in [4.78, 5) is 0. The van der Waals surface area contributed by atoms with E-state index in [0.29, 0.717) is 12.0 Å². The van der Waals surface area contributed by atoms with E-state index in [9.17, 15) is 0 Å². The Morgan fingerprint density at radius 1 is 1.40 bits per heavy atom. The van der Waals surface area contributed by atoms with Gasteiger partial charge in [0.1, 0.15) is 5.75 Å². The van der Waals surface area contributed by atoms with Crippen molar-refractivity contribution in [2.75, 3.05) is 7.11 Å². The molecule has 2 heteroatoms. The van der Waals surface area contributed by atoms with E-state index in [1.807, 2.05) is 6.07 Å². The molecular weight excluding hydrogens is 186 g/mol. The van der Waals surface area contributed by atoms with E-state index in [1.165, 1.54) is 24.8 Å². The van der Waals surface area contributed by atoms with Gasteiger partial charge in [0.15, 0.2) is 0 Å². The molecule has 0 radical (unpaired) electrons. The maximum atomic E-state index is 6.07. The zero-order chi connectivity index (χ0) is 10.7. The molecule has 0 bridgehead atoms. The van der Waals surface area contributed by atoms with Gasteiger partial charge in [-0.2, -0.15) is 0 Å². The number of benzene rings is 1. The van der Waals surface area contributed by atoms with Gasteiger partial charge in [-0.1, -0.05) is 18.6 Å². The fourth-order valence-electron chi connectivity index (χ4n) is 2.42. The zero-order valence-electron chi connectivity index (χ0n) is 9.28. The SMILES string of the molecule is COc1cccc(C[C@@H]2CCC[C@@H]2N)c1. The third kappa shape index (κ3) is 2.51. The van der Waals surface area contributed by atoms with E-state index in [1.54, 1.807) is 7.11 Å². The number of hydrogen-bond donors (Lipinski definition) is 1. The van der Waals surface area contributed by atoms with Crippen molar-refractivity contribution in [3.63, 3.8) is 0 Å². The molecule has 1 aliphatic carbocycles. The van der Waals surface area contributed by atoms with Crippen LogP contribution in [0.4, 0.5) is 0 Å². The van der Waals surface area contributed by atoms with Gasteiger partial charge >= 0.3 is 0 Å². The van der Waals surface area contributed by atoms with Crippen LogP contribution in [0, 0.1) is 5.92 Å². The molecule has 2 N–H and O–H groups in total. The van der Waals surface area contributed by atoms with Crippen molar-refractivity contribution in [2.24, 2.45) is 11.7 Å². The van der Waals surface area contributed by atoms with E-state index < -0.39 is 0 Å². The number of hydrogen-bond acceptors (Lipinski definition) is 2. The second-order valence-corrected chi connectivity index (χ2v) is 4.41. The van der Waals surface area contributed by atoms with E-state index in [-0.39, 0.29) is 0 Å². The van der Waals surface area contributed by atoms with Crippen molar-refractivity contribution >= 4 is 0 Å². The zero-order valence-corrected chi connectivity index (χ0v) is 9.28. The Kier molecular flexibility index (Phi) is 3.27. The van der Waals surface area contributed by atoms with Crippen molar-refractivity contribution in [2.45, 2.75) is 31.7 Å². The molecule has 1 aromatic rings. The monoisotopic (exact) mass is 205 g/mol. The van der Waals surface area contributed by atoms with Crippen LogP contribution in [0.5, 0.6) is 5.75 Å². The molecule has 0 aliphatic heterocycles. The normalized spacial score (nSPS) is 25.5. The Bertz CT molecular complexity index is 324. The van der Waals surface area contributed by atoms with Crippen LogP contribution >= 0.6 is 0 Å². The molecule has 82 valence electrons. The largest absolute Gasteiger partial charge is 0.497 e. The lowest BCUT2D eigenvalue weighted by Gasteiger charge is -2.15. The molecule has 1 fully saturated rings. The van der Waals surface area contributed by atoms with Gasteiger partial charge in [-0.15, -0.1) is 0 Å². The Morgan fingerprint density at radius 2 is 2.27 bits per heavy atom. The maximum absolute atomic E-state index is 6.07. The van der Waals surface area contributed by atoms with Gasteiger partial charge in [0.2, 0.25) is 0 Å². The van der Waals surface area contributed by atoms with E-state index in [2.05, 4.69) is 18.2 Å². The van der Waals surface area contributed by atoms with Crippen LogP contribution in [-0.4, -0.2) is 13.2 Å². The molecule has 0 aromatic heterocycles. The van der Waals surface area contributed by atoms with Crippen molar-refractivity contribution in [1.82, 2.24) is 0 Å². The highest BCUT2D eigenvalue weighted by Crippen LogP contribution is 2.28. The molecule has 1 aliphatic rings. The van der Waals surface area contributed by atoms with Gasteiger partial charge in [0.05, 0.1) is 7.11 Å². The third-order valence-electron chi connectivity index (χ3n) is 3.35. The standard InChI is InChI=1S/C13H19NO/c1-15-12-6-2-4-10(9-12)8-11-5-3-7-13(11)14/h2,4,6,9,11,13H,3,5,7-8,14H2,1H3/t11-,13-/m0/s1. The quantitative estimate of drug-likeness (QED) is 0.822. The number of rotatable bonds is 3. The molecule has 2 nitrogen and oxygen atoms in total. The fourth-order valence-corrected chi connectivity index (χ4v) is 2.42. The average molecular weight is 205 g/mol. The second-order valence-electron chi connectivity index (χ2n) is 4.41. The molecule has 1 saturated carbocycles. The van der Waals surface area contributed by atoms with Gasteiger partial charge < -0.3 is 10.5 Å². The van der Waals surface area contributed by atoms with Crippen molar-refractivity contribution in [3.8, 4) is 5.75 Å².